The lowest BCUT2D eigenvalue weighted by atomic mass is 10.1. The molecule has 8 heteroatoms. The maximum Gasteiger partial charge on any atom is 0.267 e. The number of thioether (sulfide) groups is 1. The average Bonchev–Trinajstić information content (AvgIpc) is 2.85. The Labute approximate surface area is 191 Å². The number of hydrogen-bond donors (Lipinski definition) is 0. The SMILES string of the molecule is COc1ccc(N2CCN(C(=O)Cn3nc(-c4ccc(SC)cc4)ccc3=O)CC2)cc1. The molecule has 0 aliphatic carbocycles. The minimum absolute atomic E-state index is 0.0574. The molecule has 1 amide bonds. The van der Waals surface area contributed by atoms with E-state index in [-0.39, 0.29) is 18.0 Å². The van der Waals surface area contributed by atoms with Gasteiger partial charge in [-0.1, -0.05) is 12.1 Å². The van der Waals surface area contributed by atoms with Gasteiger partial charge < -0.3 is 14.5 Å². The van der Waals surface area contributed by atoms with Crippen molar-refractivity contribution in [1.29, 1.82) is 0 Å². The number of nitrogens with zero attached hydrogens (tertiary/aromatic N) is 4. The van der Waals surface area contributed by atoms with Gasteiger partial charge in [0.05, 0.1) is 12.8 Å². The molecule has 1 aliphatic rings. The minimum atomic E-state index is -0.278. The second-order valence-corrected chi connectivity index (χ2v) is 8.39. The van der Waals surface area contributed by atoms with E-state index >= 15 is 0 Å². The second kappa shape index (κ2) is 9.91. The maximum atomic E-state index is 12.9. The van der Waals surface area contributed by atoms with Crippen LogP contribution in [0.3, 0.4) is 0 Å². The second-order valence-electron chi connectivity index (χ2n) is 7.51. The number of anilines is 1. The maximum absolute atomic E-state index is 12.9. The van der Waals surface area contributed by atoms with Crippen molar-refractivity contribution in [2.24, 2.45) is 0 Å². The number of amides is 1. The lowest BCUT2D eigenvalue weighted by molar-refractivity contribution is -0.132. The number of carbonyl (C=O) groups is 1. The molecule has 1 aliphatic heterocycles. The van der Waals surface area contributed by atoms with Crippen molar-refractivity contribution in [3.8, 4) is 17.0 Å². The number of rotatable bonds is 6. The number of aromatic nitrogens is 2. The topological polar surface area (TPSA) is 67.7 Å². The predicted octanol–water partition coefficient (Wildman–Crippen LogP) is 2.99. The molecule has 32 heavy (non-hydrogen) atoms. The lowest BCUT2D eigenvalue weighted by Crippen LogP contribution is -2.50. The molecule has 0 atom stereocenters. The molecule has 1 aromatic heterocycles. The largest absolute Gasteiger partial charge is 0.497 e. The first-order valence-electron chi connectivity index (χ1n) is 10.5. The molecule has 0 saturated carbocycles. The summed E-state index contributed by atoms with van der Waals surface area (Å²) >= 11 is 1.67. The smallest absolute Gasteiger partial charge is 0.267 e. The van der Waals surface area contributed by atoms with Crippen molar-refractivity contribution in [3.63, 3.8) is 0 Å². The van der Waals surface area contributed by atoms with Crippen LogP contribution in [-0.2, 0) is 11.3 Å². The van der Waals surface area contributed by atoms with E-state index < -0.39 is 0 Å². The quantitative estimate of drug-likeness (QED) is 0.538. The minimum Gasteiger partial charge on any atom is -0.497 e. The highest BCUT2D eigenvalue weighted by molar-refractivity contribution is 7.98. The molecule has 4 rings (SSSR count). The van der Waals surface area contributed by atoms with Gasteiger partial charge in [-0.2, -0.15) is 5.10 Å². The Morgan fingerprint density at radius 2 is 1.66 bits per heavy atom. The van der Waals surface area contributed by atoms with Crippen molar-refractivity contribution in [1.82, 2.24) is 14.7 Å². The Balaban J connectivity index is 1.40. The molecular formula is C24H26N4O3S. The fraction of sp³-hybridized carbons (Fsp3) is 0.292. The molecule has 1 fully saturated rings. The van der Waals surface area contributed by atoms with Crippen molar-refractivity contribution >= 4 is 23.4 Å². The van der Waals surface area contributed by atoms with Gasteiger partial charge in [-0.25, -0.2) is 4.68 Å². The van der Waals surface area contributed by atoms with E-state index in [0.717, 1.165) is 35.0 Å². The summed E-state index contributed by atoms with van der Waals surface area (Å²) in [6.07, 6.45) is 2.02. The Morgan fingerprint density at radius 3 is 2.28 bits per heavy atom. The van der Waals surface area contributed by atoms with Crippen LogP contribution in [0.5, 0.6) is 5.75 Å². The summed E-state index contributed by atoms with van der Waals surface area (Å²) in [5.41, 5.74) is 2.42. The van der Waals surface area contributed by atoms with Gasteiger partial charge in [0, 0.05) is 48.4 Å². The summed E-state index contributed by atoms with van der Waals surface area (Å²) in [4.78, 5) is 30.4. The zero-order chi connectivity index (χ0) is 22.5. The highest BCUT2D eigenvalue weighted by Crippen LogP contribution is 2.22. The van der Waals surface area contributed by atoms with Gasteiger partial charge in [0.25, 0.3) is 5.56 Å². The third-order valence-electron chi connectivity index (χ3n) is 5.61. The fourth-order valence-corrected chi connectivity index (χ4v) is 4.12. The van der Waals surface area contributed by atoms with Crippen LogP contribution in [0.1, 0.15) is 0 Å². The standard InChI is InChI=1S/C24H26N4O3S/c1-31-20-7-5-19(6-8-20)26-13-15-27(16-14-26)24(30)17-28-23(29)12-11-22(25-28)18-3-9-21(32-2)10-4-18/h3-12H,13-17H2,1-2H3. The van der Waals surface area contributed by atoms with Crippen LogP contribution in [0, 0.1) is 0 Å². The van der Waals surface area contributed by atoms with Crippen molar-refractivity contribution in [2.45, 2.75) is 11.4 Å². The summed E-state index contributed by atoms with van der Waals surface area (Å²) in [7, 11) is 1.65. The van der Waals surface area contributed by atoms with Crippen LogP contribution in [0.4, 0.5) is 5.69 Å². The molecule has 0 spiro atoms. The monoisotopic (exact) mass is 450 g/mol. The first-order chi connectivity index (χ1) is 15.6. The first-order valence-corrected chi connectivity index (χ1v) is 11.7. The number of benzene rings is 2. The summed E-state index contributed by atoms with van der Waals surface area (Å²) in [6, 6.07) is 19.1. The number of hydrogen-bond acceptors (Lipinski definition) is 6. The molecule has 7 nitrogen and oxygen atoms in total. The third kappa shape index (κ3) is 4.96. The summed E-state index contributed by atoms with van der Waals surface area (Å²) in [5, 5.41) is 4.44. The van der Waals surface area contributed by atoms with E-state index in [2.05, 4.69) is 10.00 Å². The van der Waals surface area contributed by atoms with E-state index in [4.69, 9.17) is 4.74 Å². The van der Waals surface area contributed by atoms with Crippen LogP contribution in [0.25, 0.3) is 11.3 Å². The highest BCUT2D eigenvalue weighted by Gasteiger charge is 2.22. The molecule has 0 bridgehead atoms. The highest BCUT2D eigenvalue weighted by atomic mass is 32.2. The Morgan fingerprint density at radius 1 is 0.969 bits per heavy atom. The van der Waals surface area contributed by atoms with E-state index in [9.17, 15) is 9.59 Å². The number of carbonyl (C=O) groups excluding carboxylic acids is 1. The van der Waals surface area contributed by atoms with Gasteiger partial charge >= 0.3 is 0 Å². The van der Waals surface area contributed by atoms with Crippen LogP contribution in [0.2, 0.25) is 0 Å². The van der Waals surface area contributed by atoms with Gasteiger partial charge in [0.2, 0.25) is 5.91 Å². The molecule has 166 valence electrons. The molecule has 1 saturated heterocycles. The van der Waals surface area contributed by atoms with Crippen LogP contribution >= 0.6 is 11.8 Å². The molecular weight excluding hydrogens is 424 g/mol. The Kier molecular flexibility index (Phi) is 6.80. The van der Waals surface area contributed by atoms with Crippen LogP contribution in [-0.4, -0.2) is 60.1 Å². The predicted molar refractivity (Wildman–Crippen MR) is 128 cm³/mol. The normalized spacial score (nSPS) is 13.8. The first kappa shape index (κ1) is 22.0. The zero-order valence-corrected chi connectivity index (χ0v) is 19.0. The average molecular weight is 451 g/mol. The number of piperazine rings is 1. The van der Waals surface area contributed by atoms with Crippen LogP contribution < -0.4 is 15.2 Å². The van der Waals surface area contributed by atoms with E-state index in [1.807, 2.05) is 54.8 Å². The van der Waals surface area contributed by atoms with Crippen molar-refractivity contribution in [2.75, 3.05) is 44.4 Å². The molecule has 3 aromatic rings. The van der Waals surface area contributed by atoms with Gasteiger partial charge in [-0.05, 0) is 48.7 Å². The molecule has 2 heterocycles. The molecule has 0 radical (unpaired) electrons. The van der Waals surface area contributed by atoms with Gasteiger partial charge in [-0.15, -0.1) is 11.8 Å². The van der Waals surface area contributed by atoms with E-state index in [0.29, 0.717) is 18.8 Å². The van der Waals surface area contributed by atoms with E-state index in [1.165, 1.54) is 10.7 Å². The van der Waals surface area contributed by atoms with Gasteiger partial charge in [0.15, 0.2) is 0 Å². The third-order valence-corrected chi connectivity index (χ3v) is 6.35. The molecule has 0 unspecified atom stereocenters. The zero-order valence-electron chi connectivity index (χ0n) is 18.2. The summed E-state index contributed by atoms with van der Waals surface area (Å²) in [6.45, 7) is 2.63. The van der Waals surface area contributed by atoms with Gasteiger partial charge in [0.1, 0.15) is 12.3 Å². The fourth-order valence-electron chi connectivity index (χ4n) is 3.71. The Hall–Kier alpha value is -3.26. The molecule has 0 N–H and O–H groups in total. The Bertz CT molecular complexity index is 1120. The number of ether oxygens (including phenoxy) is 1. The van der Waals surface area contributed by atoms with Crippen LogP contribution in [0.15, 0.2) is 70.4 Å². The summed E-state index contributed by atoms with van der Waals surface area (Å²) < 4.78 is 6.47. The number of methoxy groups -OCH3 is 1. The van der Waals surface area contributed by atoms with Gasteiger partial charge in [-0.3, -0.25) is 9.59 Å². The van der Waals surface area contributed by atoms with E-state index in [1.54, 1.807) is 29.8 Å². The van der Waals surface area contributed by atoms with Crippen molar-refractivity contribution in [3.05, 3.63) is 71.0 Å². The lowest BCUT2D eigenvalue weighted by Gasteiger charge is -2.36. The summed E-state index contributed by atoms with van der Waals surface area (Å²) in [5.74, 6) is 0.729. The van der Waals surface area contributed by atoms with Crippen molar-refractivity contribution < 1.29 is 9.53 Å². The molecule has 2 aromatic carbocycles.